The molecule has 5 nitrogen and oxygen atoms in total. The first-order valence-corrected chi connectivity index (χ1v) is 7.79. The number of ether oxygens (including phenoxy) is 2. The van der Waals surface area contributed by atoms with Crippen LogP contribution < -0.4 is 9.47 Å². The average Bonchev–Trinajstić information content (AvgIpc) is 2.66. The molecule has 2 aromatic carbocycles. The summed E-state index contributed by atoms with van der Waals surface area (Å²) in [6.07, 6.45) is 0. The second-order valence-corrected chi connectivity index (χ2v) is 5.62. The zero-order valence-corrected chi connectivity index (χ0v) is 14.6. The van der Waals surface area contributed by atoms with Gasteiger partial charge in [-0.2, -0.15) is 5.26 Å². The molecular formula is C19H18F2N2O3. The van der Waals surface area contributed by atoms with E-state index in [0.29, 0.717) is 22.6 Å². The minimum absolute atomic E-state index is 0.271. The predicted molar refractivity (Wildman–Crippen MR) is 90.7 cm³/mol. The fraction of sp³-hybridized carbons (Fsp3) is 0.263. The van der Waals surface area contributed by atoms with Gasteiger partial charge in [-0.15, -0.1) is 0 Å². The van der Waals surface area contributed by atoms with Crippen molar-refractivity contribution in [3.05, 3.63) is 59.2 Å². The number of nitriles is 1. The molecule has 1 unspecified atom stereocenters. The van der Waals surface area contributed by atoms with Crippen LogP contribution >= 0.6 is 0 Å². The van der Waals surface area contributed by atoms with Crippen LogP contribution in [0.3, 0.4) is 0 Å². The molecule has 0 aliphatic heterocycles. The highest BCUT2D eigenvalue weighted by Crippen LogP contribution is 2.28. The Bertz CT molecular complexity index is 849. The molecule has 0 saturated carbocycles. The second kappa shape index (κ2) is 8.30. The van der Waals surface area contributed by atoms with Crippen LogP contribution in [0.1, 0.15) is 24.1 Å². The van der Waals surface area contributed by atoms with Gasteiger partial charge in [-0.1, -0.05) is 6.07 Å². The Hall–Kier alpha value is -3.14. The fourth-order valence-electron chi connectivity index (χ4n) is 2.31. The summed E-state index contributed by atoms with van der Waals surface area (Å²) < 4.78 is 37.1. The number of likely N-dealkylation sites (N-methyl/N-ethyl adjacent to an activating group) is 1. The number of benzene rings is 2. The lowest BCUT2D eigenvalue weighted by Crippen LogP contribution is -2.33. The van der Waals surface area contributed by atoms with E-state index in [4.69, 9.17) is 14.7 Å². The Morgan fingerprint density at radius 3 is 2.54 bits per heavy atom. The van der Waals surface area contributed by atoms with Crippen LogP contribution in [-0.2, 0) is 4.79 Å². The van der Waals surface area contributed by atoms with Crippen molar-refractivity contribution in [1.29, 1.82) is 5.26 Å². The SMILES string of the molecule is COc1cc(C#N)ccc1OCC(=O)N(C)C(C)c1ccc(F)c(F)c1. The molecule has 0 bridgehead atoms. The number of hydrogen-bond acceptors (Lipinski definition) is 4. The lowest BCUT2D eigenvalue weighted by atomic mass is 10.1. The van der Waals surface area contributed by atoms with E-state index in [9.17, 15) is 13.6 Å². The second-order valence-electron chi connectivity index (χ2n) is 5.62. The van der Waals surface area contributed by atoms with Gasteiger partial charge in [-0.05, 0) is 36.8 Å². The predicted octanol–water partition coefficient (Wildman–Crippen LogP) is 3.44. The molecule has 1 atom stereocenters. The molecule has 0 heterocycles. The summed E-state index contributed by atoms with van der Waals surface area (Å²) in [5, 5.41) is 8.89. The van der Waals surface area contributed by atoms with E-state index < -0.39 is 17.7 Å². The van der Waals surface area contributed by atoms with Crippen molar-refractivity contribution < 1.29 is 23.0 Å². The minimum atomic E-state index is -0.964. The van der Waals surface area contributed by atoms with Gasteiger partial charge in [0.1, 0.15) is 0 Å². The van der Waals surface area contributed by atoms with Gasteiger partial charge in [0.25, 0.3) is 5.91 Å². The molecule has 0 aliphatic carbocycles. The number of hydrogen-bond donors (Lipinski definition) is 0. The van der Waals surface area contributed by atoms with Crippen LogP contribution in [0.5, 0.6) is 11.5 Å². The minimum Gasteiger partial charge on any atom is -0.493 e. The zero-order chi connectivity index (χ0) is 19.3. The summed E-state index contributed by atoms with van der Waals surface area (Å²) >= 11 is 0. The first-order valence-electron chi connectivity index (χ1n) is 7.79. The Kier molecular flexibility index (Phi) is 6.12. The van der Waals surface area contributed by atoms with Crippen molar-refractivity contribution in [1.82, 2.24) is 4.90 Å². The molecule has 0 saturated heterocycles. The van der Waals surface area contributed by atoms with Gasteiger partial charge >= 0.3 is 0 Å². The third-order valence-corrected chi connectivity index (χ3v) is 4.04. The molecule has 0 spiro atoms. The molecule has 2 aromatic rings. The van der Waals surface area contributed by atoms with Crippen LogP contribution in [0.4, 0.5) is 8.78 Å². The standard InChI is InChI=1S/C19H18F2N2O3/c1-12(14-5-6-15(20)16(21)9-14)23(2)19(24)11-26-17-7-4-13(10-22)8-18(17)25-3/h4-9,12H,11H2,1-3H3. The van der Waals surface area contributed by atoms with Gasteiger partial charge < -0.3 is 14.4 Å². The van der Waals surface area contributed by atoms with Crippen molar-refractivity contribution in [2.75, 3.05) is 20.8 Å². The van der Waals surface area contributed by atoms with Crippen molar-refractivity contribution >= 4 is 5.91 Å². The van der Waals surface area contributed by atoms with E-state index in [1.54, 1.807) is 26.1 Å². The van der Waals surface area contributed by atoms with Gasteiger partial charge in [-0.25, -0.2) is 8.78 Å². The number of halogens is 2. The van der Waals surface area contributed by atoms with Crippen LogP contribution in [0.15, 0.2) is 36.4 Å². The van der Waals surface area contributed by atoms with E-state index in [1.807, 2.05) is 6.07 Å². The molecule has 0 aliphatic rings. The quantitative estimate of drug-likeness (QED) is 0.792. The monoisotopic (exact) mass is 360 g/mol. The molecule has 1 amide bonds. The number of nitrogens with zero attached hydrogens (tertiary/aromatic N) is 2. The van der Waals surface area contributed by atoms with E-state index >= 15 is 0 Å². The Morgan fingerprint density at radius 1 is 1.19 bits per heavy atom. The highest BCUT2D eigenvalue weighted by atomic mass is 19.2. The summed E-state index contributed by atoms with van der Waals surface area (Å²) in [5.41, 5.74) is 0.875. The molecule has 0 N–H and O–H groups in total. The van der Waals surface area contributed by atoms with Crippen LogP contribution in [0.25, 0.3) is 0 Å². The molecule has 7 heteroatoms. The number of carbonyl (C=O) groups excluding carboxylic acids is 1. The molecule has 26 heavy (non-hydrogen) atoms. The van der Waals surface area contributed by atoms with E-state index in [1.165, 1.54) is 24.1 Å². The first-order chi connectivity index (χ1) is 12.4. The summed E-state index contributed by atoms with van der Waals surface area (Å²) in [7, 11) is 2.98. The lowest BCUT2D eigenvalue weighted by molar-refractivity contribution is -0.134. The fourth-order valence-corrected chi connectivity index (χ4v) is 2.31. The number of rotatable bonds is 6. The average molecular weight is 360 g/mol. The van der Waals surface area contributed by atoms with Crippen LogP contribution in [-0.4, -0.2) is 31.6 Å². The lowest BCUT2D eigenvalue weighted by Gasteiger charge is -2.25. The van der Waals surface area contributed by atoms with Crippen LogP contribution in [0, 0.1) is 23.0 Å². The van der Waals surface area contributed by atoms with Gasteiger partial charge in [0.15, 0.2) is 29.7 Å². The van der Waals surface area contributed by atoms with Crippen molar-refractivity contribution in [3.8, 4) is 17.6 Å². The van der Waals surface area contributed by atoms with Gasteiger partial charge in [0.05, 0.1) is 24.8 Å². The largest absolute Gasteiger partial charge is 0.493 e. The van der Waals surface area contributed by atoms with Crippen LogP contribution in [0.2, 0.25) is 0 Å². The number of amides is 1. The van der Waals surface area contributed by atoms with E-state index in [-0.39, 0.29) is 12.5 Å². The Balaban J connectivity index is 2.05. The topological polar surface area (TPSA) is 62.6 Å². The maximum atomic E-state index is 13.4. The first kappa shape index (κ1) is 19.2. The molecular weight excluding hydrogens is 342 g/mol. The van der Waals surface area contributed by atoms with Gasteiger partial charge in [0.2, 0.25) is 0 Å². The van der Waals surface area contributed by atoms with E-state index in [2.05, 4.69) is 0 Å². The molecule has 0 fully saturated rings. The number of methoxy groups -OCH3 is 1. The zero-order valence-electron chi connectivity index (χ0n) is 14.6. The summed E-state index contributed by atoms with van der Waals surface area (Å²) in [6.45, 7) is 1.43. The molecule has 0 radical (unpaired) electrons. The summed E-state index contributed by atoms with van der Waals surface area (Å²) in [6, 6.07) is 9.64. The third-order valence-electron chi connectivity index (χ3n) is 4.04. The smallest absolute Gasteiger partial charge is 0.260 e. The van der Waals surface area contributed by atoms with Gasteiger partial charge in [0, 0.05) is 13.1 Å². The third kappa shape index (κ3) is 4.28. The highest BCUT2D eigenvalue weighted by Gasteiger charge is 2.19. The Labute approximate surface area is 150 Å². The van der Waals surface area contributed by atoms with E-state index in [0.717, 1.165) is 12.1 Å². The maximum Gasteiger partial charge on any atom is 0.260 e. The van der Waals surface area contributed by atoms with Gasteiger partial charge in [-0.3, -0.25) is 4.79 Å². The normalized spacial score (nSPS) is 11.4. The Morgan fingerprint density at radius 2 is 1.92 bits per heavy atom. The highest BCUT2D eigenvalue weighted by molar-refractivity contribution is 5.78. The molecule has 2 rings (SSSR count). The van der Waals surface area contributed by atoms with Crippen molar-refractivity contribution in [2.45, 2.75) is 13.0 Å². The summed E-state index contributed by atoms with van der Waals surface area (Å²) in [4.78, 5) is 13.7. The van der Waals surface area contributed by atoms with Crippen molar-refractivity contribution in [2.24, 2.45) is 0 Å². The van der Waals surface area contributed by atoms with Crippen molar-refractivity contribution in [3.63, 3.8) is 0 Å². The molecule has 0 aromatic heterocycles. The maximum absolute atomic E-state index is 13.4. The number of carbonyl (C=O) groups is 1. The summed E-state index contributed by atoms with van der Waals surface area (Å²) in [5.74, 6) is -1.59. The molecule has 136 valence electrons.